The molecule has 30 aliphatic rings. The van der Waals surface area contributed by atoms with Gasteiger partial charge in [0, 0.05) is 127 Å². The second kappa shape index (κ2) is 30.7. The zero-order valence-electron chi connectivity index (χ0n) is 81.7. The summed E-state index contributed by atoms with van der Waals surface area (Å²) in [4.78, 5) is 114. The van der Waals surface area contributed by atoms with Crippen molar-refractivity contribution in [3.05, 3.63) is 0 Å². The van der Waals surface area contributed by atoms with E-state index >= 15 is 0 Å². The molecule has 0 radical (unpaired) electrons. The van der Waals surface area contributed by atoms with Crippen molar-refractivity contribution >= 4 is 59.1 Å². The lowest BCUT2D eigenvalue weighted by Gasteiger charge is -2.77. The number of carbonyl (C=O) groups excluding carboxylic acids is 10. The van der Waals surface area contributed by atoms with Gasteiger partial charge in [0.1, 0.15) is 0 Å². The van der Waals surface area contributed by atoms with Crippen molar-refractivity contribution in [1.29, 1.82) is 0 Å². The minimum atomic E-state index is -4.76. The van der Waals surface area contributed by atoms with Gasteiger partial charge >= 0.3 is 24.2 Å². The molecule has 30 saturated carbocycles. The molecule has 0 aromatic rings. The van der Waals surface area contributed by atoms with Crippen LogP contribution in [-0.4, -0.2) is 161 Å². The molecule has 30 fully saturated rings. The molecule has 20 bridgehead atoms. The summed E-state index contributed by atoms with van der Waals surface area (Å²) in [5, 5.41) is 32.5. The van der Waals surface area contributed by atoms with Gasteiger partial charge in [-0.15, -0.1) is 0 Å². The van der Waals surface area contributed by atoms with Gasteiger partial charge in [-0.25, -0.2) is 0 Å². The summed E-state index contributed by atoms with van der Waals surface area (Å²) in [7, 11) is 3.88. The Labute approximate surface area is 742 Å². The highest BCUT2D eigenvalue weighted by molar-refractivity contribution is 5.85. The minimum absolute atomic E-state index is 0.0454. The first kappa shape index (κ1) is 99.8. The molecule has 0 spiro atoms. The fraction of sp³-hybridized carbons (Fsp3) is 0.898. The Hall–Kier alpha value is -5.76. The lowest BCUT2D eigenvalue weighted by Crippen LogP contribution is -2.79. The third kappa shape index (κ3) is 18.8. The number of aliphatic hydroxyl groups is 1. The molecule has 21 nitrogen and oxygen atoms in total. The number of nitrogens with zero attached hydrogens (tertiary/aromatic N) is 2. The third-order valence-electron chi connectivity index (χ3n) is 35.7. The normalized spacial score (nSPS) is 41.0. The Morgan fingerprint density at radius 3 is 0.712 bits per heavy atom. The smallest absolute Gasteiger partial charge is 0.390 e. The van der Waals surface area contributed by atoms with Crippen molar-refractivity contribution in [2.45, 2.75) is 453 Å². The average Bonchev–Trinajstić information content (AvgIpc) is 0.655. The fourth-order valence-corrected chi connectivity index (χ4v) is 27.1. The third-order valence-corrected chi connectivity index (χ3v) is 35.7. The topological polar surface area (TPSA) is 294 Å². The van der Waals surface area contributed by atoms with Gasteiger partial charge in [0.15, 0.2) is 0 Å². The number of halogens is 6. The molecular formula is C98H160F6N10O11. The van der Waals surface area contributed by atoms with E-state index in [1.807, 2.05) is 84.6 Å². The monoisotopic (exact) mass is 1770 g/mol. The van der Waals surface area contributed by atoms with E-state index in [9.17, 15) is 79.4 Å². The lowest BCUT2D eigenvalue weighted by atomic mass is 9.32. The van der Waals surface area contributed by atoms with Crippen LogP contribution in [0.15, 0.2) is 0 Å². The van der Waals surface area contributed by atoms with Crippen LogP contribution in [-0.2, 0) is 47.9 Å². The highest BCUT2D eigenvalue weighted by atomic mass is 19.4. The second-order valence-electron chi connectivity index (χ2n) is 52.6. The quantitative estimate of drug-likeness (QED) is 0.0828. The van der Waals surface area contributed by atoms with Crippen molar-refractivity contribution in [3.63, 3.8) is 0 Å². The standard InChI is InChI=1S/C14H25NO.C12H21NO.C11H16F3NO.C10H17NO2.2C10H17NO.3C8H13NO.C7H8F3NO/c1-11(2,3)10(16)15-14-7-13(8-14,9-14)12(4,5)6;1-9(14)13(5)12-6-11(7-12,8-12)10(2,3)4;1-8(2,3)9-4-10(5-9,6-9)15-7(16)11(12,13)14;1-7(12)11-10-4-9(5-10,6-10)8(2,3)13;1-9(2,3)8(12)11-10-4-7(5-10)6-10;1-7(2)9-4-10(5-9,6-9)11-8(3)12;1-6(10)9(2)8-3-7(4-8)5-8;2*1-6(10)9-8-3-7(2,4-8)5-8;8-7(9,10)5(12)11-6-1-4(2-6)3-6/h7-9H2,1-6H3,(H,15,16);6-8H2,1-5H3;4-6H2,1-3H3,(H,15,16);13H,4-6H2,1-3H3,(H,11,12);2*7H,4-6H2,1-3H3,(H,11,12);7H,3-5H2,1-2H3;2*3-5H2,1-2H3,(H,9,10);4H,1-3H2,(H,11,12). The van der Waals surface area contributed by atoms with E-state index in [0.29, 0.717) is 68.6 Å². The van der Waals surface area contributed by atoms with E-state index in [1.165, 1.54) is 135 Å². The van der Waals surface area contributed by atoms with Crippen LogP contribution in [0.3, 0.4) is 0 Å². The summed E-state index contributed by atoms with van der Waals surface area (Å²) in [5.41, 5.74) is 3.66. The molecule has 30 rings (SSSR count). The van der Waals surface area contributed by atoms with Gasteiger partial charge in [0.2, 0.25) is 47.3 Å². The van der Waals surface area contributed by atoms with E-state index in [-0.39, 0.29) is 113 Å². The van der Waals surface area contributed by atoms with Crippen LogP contribution in [0.4, 0.5) is 26.3 Å². The first-order valence-electron chi connectivity index (χ1n) is 46.8. The summed E-state index contributed by atoms with van der Waals surface area (Å²) < 4.78 is 71.5. The lowest BCUT2D eigenvalue weighted by molar-refractivity contribution is -0.256. The number of hydrogen-bond donors (Lipinski definition) is 9. The molecule has 9 N–H and O–H groups in total. The van der Waals surface area contributed by atoms with Crippen LogP contribution in [0.2, 0.25) is 0 Å². The number of amides is 10. The van der Waals surface area contributed by atoms with Crippen LogP contribution in [0.5, 0.6) is 0 Å². The second-order valence-corrected chi connectivity index (χ2v) is 52.6. The number of alkyl halides is 6. The van der Waals surface area contributed by atoms with Gasteiger partial charge in [0.25, 0.3) is 0 Å². The molecule has 125 heavy (non-hydrogen) atoms. The first-order chi connectivity index (χ1) is 56.0. The van der Waals surface area contributed by atoms with Crippen molar-refractivity contribution in [2.75, 3.05) is 14.1 Å². The molecule has 0 aromatic carbocycles. The van der Waals surface area contributed by atoms with E-state index in [1.54, 1.807) is 41.5 Å². The Balaban J connectivity index is 0.000000135. The van der Waals surface area contributed by atoms with Crippen molar-refractivity contribution in [1.82, 2.24) is 52.3 Å². The maximum absolute atomic E-state index is 12.1. The van der Waals surface area contributed by atoms with Crippen molar-refractivity contribution in [2.24, 2.45) is 88.7 Å². The SMILES string of the molecule is CC(=O)N(C)C12CC(C(C)(C)C)(C1)C2.CC(=O)N(C)C12CC(C1)C2.CC(=O)NC12CC(C(C)(C)O)(C1)C2.CC(=O)NC12CC(C(C)C)(C1)C2.CC(=O)NC12CC(C)(C1)C2.CC(=O)NC12CC(C)(C1)C2.CC(C)(C)C(=O)NC12CC(C(C)(C)C)(C1)C2.CC(C)(C)C(=O)NC12CC(C1)C2.CC(C)(C)C12CC(NC(=O)C(F)(F)F)(C1)C2.O=C(NC12CC(C1)C2)C(F)(F)F. The highest BCUT2D eigenvalue weighted by Gasteiger charge is 2.77. The Kier molecular flexibility index (Phi) is 24.5. The largest absolute Gasteiger partial charge is 0.471 e. The van der Waals surface area contributed by atoms with Gasteiger partial charge < -0.3 is 57.4 Å². The molecule has 0 atom stereocenters. The summed E-state index contributed by atoms with van der Waals surface area (Å²) in [6.45, 7) is 54.6. The zero-order chi connectivity index (χ0) is 94.6. The Morgan fingerprint density at radius 1 is 0.304 bits per heavy atom. The predicted octanol–water partition coefficient (Wildman–Crippen LogP) is 16.8. The van der Waals surface area contributed by atoms with E-state index in [0.717, 1.165) is 56.3 Å². The molecular weight excluding hydrogens is 1610 g/mol. The summed E-state index contributed by atoms with van der Waals surface area (Å²) in [6, 6.07) is 0. The van der Waals surface area contributed by atoms with Gasteiger partial charge in [-0.2, -0.15) is 26.3 Å². The maximum Gasteiger partial charge on any atom is 0.471 e. The van der Waals surface area contributed by atoms with Crippen LogP contribution in [0.1, 0.15) is 380 Å². The predicted molar refractivity (Wildman–Crippen MR) is 470 cm³/mol. The Morgan fingerprint density at radius 2 is 0.520 bits per heavy atom. The summed E-state index contributed by atoms with van der Waals surface area (Å²) in [5.74, 6) is 0.939. The molecule has 30 aliphatic carbocycles. The molecule has 710 valence electrons. The van der Waals surface area contributed by atoms with Crippen LogP contribution >= 0.6 is 0 Å². The first-order valence-corrected chi connectivity index (χ1v) is 46.8. The molecule has 0 aliphatic heterocycles. The van der Waals surface area contributed by atoms with Gasteiger partial charge in [0.05, 0.1) is 5.60 Å². The van der Waals surface area contributed by atoms with E-state index < -0.39 is 40.8 Å². The van der Waals surface area contributed by atoms with E-state index in [4.69, 9.17) is 0 Å². The fourth-order valence-electron chi connectivity index (χ4n) is 27.1. The molecule has 0 heterocycles. The molecule has 27 heteroatoms. The van der Waals surface area contributed by atoms with Gasteiger partial charge in [-0.05, 0) is 279 Å². The van der Waals surface area contributed by atoms with Crippen LogP contribution < -0.4 is 42.5 Å². The minimum Gasteiger partial charge on any atom is -0.390 e. The number of hydrogen-bond acceptors (Lipinski definition) is 11. The molecule has 10 amide bonds. The zero-order valence-corrected chi connectivity index (χ0v) is 81.7. The van der Waals surface area contributed by atoms with Crippen molar-refractivity contribution < 1.29 is 79.4 Å². The number of nitrogens with one attached hydrogen (secondary N) is 8. The Bertz CT molecular complexity index is 3920. The average molecular weight is 1770 g/mol. The number of rotatable bonds is 12. The molecule has 0 saturated heterocycles. The summed E-state index contributed by atoms with van der Waals surface area (Å²) in [6.07, 6.45) is 23.2. The maximum atomic E-state index is 12.1. The van der Waals surface area contributed by atoms with E-state index in [2.05, 4.69) is 127 Å². The molecule has 0 aromatic heterocycles. The van der Waals surface area contributed by atoms with Crippen molar-refractivity contribution in [3.8, 4) is 0 Å². The number of carbonyl (C=O) groups is 10. The van der Waals surface area contributed by atoms with Gasteiger partial charge in [-0.3, -0.25) is 47.9 Å². The molecule has 0 unspecified atom stereocenters. The van der Waals surface area contributed by atoms with Crippen LogP contribution in [0, 0.1) is 88.7 Å². The van der Waals surface area contributed by atoms with Gasteiger partial charge in [-0.1, -0.05) is 132 Å². The highest BCUT2D eigenvalue weighted by Crippen LogP contribution is 2.78. The summed E-state index contributed by atoms with van der Waals surface area (Å²) >= 11 is 0. The van der Waals surface area contributed by atoms with Crippen LogP contribution in [0.25, 0.3) is 0 Å².